The molecule has 144 valence electrons. The molecule has 6 nitrogen and oxygen atoms in total. The molecule has 0 aromatic carbocycles. The first-order valence-corrected chi connectivity index (χ1v) is 8.77. The van der Waals surface area contributed by atoms with Crippen LogP contribution in [0.5, 0.6) is 0 Å². The Morgan fingerprint density at radius 1 is 1.35 bits per heavy atom. The maximum absolute atomic E-state index is 12.5. The van der Waals surface area contributed by atoms with Crippen LogP contribution in [0.4, 0.5) is 18.2 Å². The summed E-state index contributed by atoms with van der Waals surface area (Å²) in [6, 6.07) is 0. The van der Waals surface area contributed by atoms with Crippen molar-refractivity contribution in [3.05, 3.63) is 16.0 Å². The Morgan fingerprint density at radius 3 is 2.58 bits per heavy atom. The number of amides is 2. The van der Waals surface area contributed by atoms with E-state index in [2.05, 4.69) is 5.32 Å². The number of alkyl halides is 3. The van der Waals surface area contributed by atoms with Gasteiger partial charge in [0.1, 0.15) is 11.5 Å². The second kappa shape index (κ2) is 7.65. The fourth-order valence-electron chi connectivity index (χ4n) is 2.70. The highest BCUT2D eigenvalue weighted by atomic mass is 32.1. The minimum atomic E-state index is -4.51. The van der Waals surface area contributed by atoms with Crippen LogP contribution in [-0.4, -0.2) is 48.6 Å². The molecule has 0 saturated carbocycles. The zero-order valence-electron chi connectivity index (χ0n) is 14.5. The average Bonchev–Trinajstić information content (AvgIpc) is 2.99. The van der Waals surface area contributed by atoms with Crippen molar-refractivity contribution < 1.29 is 32.3 Å². The Bertz CT molecular complexity index is 730. The maximum atomic E-state index is 12.5. The predicted octanol–water partition coefficient (Wildman–Crippen LogP) is 2.89. The van der Waals surface area contributed by atoms with Crippen LogP contribution < -0.4 is 5.32 Å². The van der Waals surface area contributed by atoms with Crippen LogP contribution in [0.3, 0.4) is 0 Å². The lowest BCUT2D eigenvalue weighted by molar-refractivity contribution is -0.157. The van der Waals surface area contributed by atoms with Gasteiger partial charge < -0.3 is 15.0 Å². The smallest absolute Gasteiger partial charge is 0.406 e. The number of halogens is 3. The molecule has 1 fully saturated rings. The van der Waals surface area contributed by atoms with Gasteiger partial charge in [0.25, 0.3) is 0 Å². The van der Waals surface area contributed by atoms with E-state index in [0.29, 0.717) is 10.5 Å². The number of rotatable bonds is 5. The van der Waals surface area contributed by atoms with E-state index in [1.807, 2.05) is 0 Å². The second-order valence-electron chi connectivity index (χ2n) is 5.99. The molecule has 26 heavy (non-hydrogen) atoms. The fourth-order valence-corrected chi connectivity index (χ4v) is 3.75. The van der Waals surface area contributed by atoms with Gasteiger partial charge in [0.2, 0.25) is 11.8 Å². The highest BCUT2D eigenvalue weighted by Gasteiger charge is 2.41. The van der Waals surface area contributed by atoms with E-state index in [1.165, 1.54) is 11.3 Å². The largest absolute Gasteiger partial charge is 0.462 e. The van der Waals surface area contributed by atoms with Crippen LogP contribution in [0, 0.1) is 19.8 Å². The molecule has 1 N–H and O–H groups in total. The molecular formula is C16H19F3N2O4S. The van der Waals surface area contributed by atoms with Gasteiger partial charge in [-0.25, -0.2) is 4.79 Å². The Labute approximate surface area is 152 Å². The summed E-state index contributed by atoms with van der Waals surface area (Å²) in [6.45, 7) is 3.65. The van der Waals surface area contributed by atoms with Crippen LogP contribution in [0.2, 0.25) is 0 Å². The van der Waals surface area contributed by atoms with Crippen molar-refractivity contribution in [3.63, 3.8) is 0 Å². The molecule has 2 amide bonds. The van der Waals surface area contributed by atoms with E-state index in [1.54, 1.807) is 20.8 Å². The Hall–Kier alpha value is -2.10. The molecule has 10 heteroatoms. The number of nitrogens with one attached hydrogen (secondary N) is 1. The van der Waals surface area contributed by atoms with Gasteiger partial charge in [0.15, 0.2) is 0 Å². The highest BCUT2D eigenvalue weighted by molar-refractivity contribution is 7.16. The summed E-state index contributed by atoms with van der Waals surface area (Å²) in [7, 11) is 0. The Balaban J connectivity index is 2.12. The number of likely N-dealkylation sites (tertiary alicyclic amines) is 1. The third-order valence-electron chi connectivity index (χ3n) is 4.06. The highest BCUT2D eigenvalue weighted by Crippen LogP contribution is 2.34. The Morgan fingerprint density at radius 2 is 2.00 bits per heavy atom. The van der Waals surface area contributed by atoms with Crippen LogP contribution in [0.25, 0.3) is 0 Å². The van der Waals surface area contributed by atoms with Gasteiger partial charge in [0.05, 0.1) is 18.1 Å². The fraction of sp³-hybridized carbons (Fsp3) is 0.562. The van der Waals surface area contributed by atoms with Crippen LogP contribution in [0.1, 0.15) is 34.1 Å². The van der Waals surface area contributed by atoms with Crippen molar-refractivity contribution in [2.24, 2.45) is 5.92 Å². The van der Waals surface area contributed by atoms with E-state index >= 15 is 0 Å². The van der Waals surface area contributed by atoms with Crippen LogP contribution in [-0.2, 0) is 14.3 Å². The van der Waals surface area contributed by atoms with Crippen molar-refractivity contribution in [2.45, 2.75) is 33.4 Å². The van der Waals surface area contributed by atoms with Gasteiger partial charge in [-0.3, -0.25) is 9.59 Å². The molecule has 0 spiro atoms. The summed E-state index contributed by atoms with van der Waals surface area (Å²) < 4.78 is 42.4. The number of carbonyl (C=O) groups is 3. The molecule has 1 aliphatic heterocycles. The molecule has 2 heterocycles. The first-order chi connectivity index (χ1) is 12.0. The van der Waals surface area contributed by atoms with Crippen molar-refractivity contribution in [2.75, 3.05) is 25.0 Å². The molecule has 2 rings (SSSR count). The van der Waals surface area contributed by atoms with Gasteiger partial charge in [-0.05, 0) is 26.3 Å². The summed E-state index contributed by atoms with van der Waals surface area (Å²) in [4.78, 5) is 37.7. The topological polar surface area (TPSA) is 75.7 Å². The number of thiophene rings is 1. The van der Waals surface area contributed by atoms with Crippen molar-refractivity contribution in [1.29, 1.82) is 0 Å². The SMILES string of the molecule is CCOC(=O)c1c(NC(=O)C2CC(=O)N(CC(F)(F)F)C2)sc(C)c1C. The monoisotopic (exact) mass is 392 g/mol. The standard InChI is InChI=1S/C16H19F3N2O4S/c1-4-25-15(24)12-8(2)9(3)26-14(12)20-13(23)10-5-11(22)21(6-10)7-16(17,18)19/h10H,4-7H2,1-3H3,(H,20,23). The van der Waals surface area contributed by atoms with Crippen molar-refractivity contribution in [3.8, 4) is 0 Å². The van der Waals surface area contributed by atoms with Crippen molar-refractivity contribution >= 4 is 34.1 Å². The molecule has 1 aliphatic rings. The molecule has 1 unspecified atom stereocenters. The molecule has 1 saturated heterocycles. The normalized spacial score (nSPS) is 17.5. The summed E-state index contributed by atoms with van der Waals surface area (Å²) >= 11 is 1.18. The number of anilines is 1. The van der Waals surface area contributed by atoms with Crippen LogP contribution >= 0.6 is 11.3 Å². The maximum Gasteiger partial charge on any atom is 0.406 e. The summed E-state index contributed by atoms with van der Waals surface area (Å²) in [5, 5.41) is 2.86. The summed E-state index contributed by atoms with van der Waals surface area (Å²) in [6.07, 6.45) is -4.81. The van der Waals surface area contributed by atoms with Gasteiger partial charge in [0, 0.05) is 17.8 Å². The minimum absolute atomic E-state index is 0.171. The number of nitrogens with zero attached hydrogens (tertiary/aromatic N) is 1. The zero-order chi connectivity index (χ0) is 19.6. The second-order valence-corrected chi connectivity index (χ2v) is 7.21. The number of hydrogen-bond acceptors (Lipinski definition) is 5. The Kier molecular flexibility index (Phi) is 5.94. The first kappa shape index (κ1) is 20.2. The molecule has 0 bridgehead atoms. The van der Waals surface area contributed by atoms with Gasteiger partial charge in [-0.1, -0.05) is 0 Å². The van der Waals surface area contributed by atoms with Crippen LogP contribution in [0.15, 0.2) is 0 Å². The van der Waals surface area contributed by atoms with E-state index in [4.69, 9.17) is 4.74 Å². The lowest BCUT2D eigenvalue weighted by Gasteiger charge is -2.18. The minimum Gasteiger partial charge on any atom is -0.462 e. The van der Waals surface area contributed by atoms with Gasteiger partial charge >= 0.3 is 12.1 Å². The van der Waals surface area contributed by atoms with Crippen molar-refractivity contribution in [1.82, 2.24) is 4.90 Å². The number of ether oxygens (including phenoxy) is 1. The number of carbonyl (C=O) groups excluding carboxylic acids is 3. The van der Waals surface area contributed by atoms with E-state index in [-0.39, 0.29) is 30.1 Å². The van der Waals surface area contributed by atoms with Gasteiger partial charge in [-0.2, -0.15) is 13.2 Å². The molecule has 1 aromatic rings. The van der Waals surface area contributed by atoms with E-state index in [0.717, 1.165) is 4.88 Å². The number of esters is 1. The van der Waals surface area contributed by atoms with E-state index in [9.17, 15) is 27.6 Å². The average molecular weight is 392 g/mol. The lowest BCUT2D eigenvalue weighted by Crippen LogP contribution is -2.36. The molecular weight excluding hydrogens is 373 g/mol. The first-order valence-electron chi connectivity index (χ1n) is 7.96. The summed E-state index contributed by atoms with van der Waals surface area (Å²) in [5.41, 5.74) is 0.907. The molecule has 0 radical (unpaired) electrons. The third kappa shape index (κ3) is 4.54. The molecule has 1 aromatic heterocycles. The number of aryl methyl sites for hydroxylation is 1. The van der Waals surface area contributed by atoms with Gasteiger partial charge in [-0.15, -0.1) is 11.3 Å². The molecule has 0 aliphatic carbocycles. The third-order valence-corrected chi connectivity index (χ3v) is 5.18. The lowest BCUT2D eigenvalue weighted by atomic mass is 10.1. The molecule has 1 atom stereocenters. The van der Waals surface area contributed by atoms with E-state index < -0.39 is 36.4 Å². The predicted molar refractivity (Wildman–Crippen MR) is 89.1 cm³/mol. The quantitative estimate of drug-likeness (QED) is 0.782. The summed E-state index contributed by atoms with van der Waals surface area (Å²) in [5.74, 6) is -2.78. The number of hydrogen-bond donors (Lipinski definition) is 1. The zero-order valence-corrected chi connectivity index (χ0v) is 15.3.